The summed E-state index contributed by atoms with van der Waals surface area (Å²) in [5.74, 6) is -1.01. The molecule has 0 N–H and O–H groups in total. The third-order valence-electron chi connectivity index (χ3n) is 5.66. The molecule has 8 heteroatoms. The molecule has 0 saturated heterocycles. The van der Waals surface area contributed by atoms with Crippen molar-refractivity contribution in [3.05, 3.63) is 119 Å². The molecule has 1 heterocycles. The number of imidazole rings is 1. The molecule has 1 aromatic heterocycles. The highest BCUT2D eigenvalue weighted by Gasteiger charge is 2.26. The first kappa shape index (κ1) is 24.3. The molecule has 0 fully saturated rings. The smallest absolute Gasteiger partial charge is 0.254 e. The van der Waals surface area contributed by atoms with Crippen LogP contribution in [-0.4, -0.2) is 35.3 Å². The molecular weight excluding hydrogens is 465 g/mol. The monoisotopic (exact) mass is 491 g/mol. The highest BCUT2D eigenvalue weighted by Crippen LogP contribution is 2.21. The van der Waals surface area contributed by atoms with E-state index in [1.54, 1.807) is 39.8 Å². The number of hydrogen-bond donors (Lipinski definition) is 0. The van der Waals surface area contributed by atoms with E-state index in [9.17, 15) is 17.6 Å². The van der Waals surface area contributed by atoms with Gasteiger partial charge in [0.25, 0.3) is 5.91 Å². The Morgan fingerprint density at radius 2 is 1.60 bits per heavy atom. The standard InChI is InChI=1S/C27H26FN3O3S/c1-2-30(26(32)23-14-9-15-24(28)16-23)19-25-17-29-27(31(25)18-21-10-5-3-6-11-21)35(33,34)20-22-12-7-4-8-13-22/h3-17H,2,18-20H2,1H3. The van der Waals surface area contributed by atoms with Crippen molar-refractivity contribution in [3.8, 4) is 0 Å². The van der Waals surface area contributed by atoms with E-state index in [0.29, 0.717) is 17.8 Å². The van der Waals surface area contributed by atoms with E-state index in [1.165, 1.54) is 24.4 Å². The van der Waals surface area contributed by atoms with E-state index in [1.807, 2.05) is 43.3 Å². The van der Waals surface area contributed by atoms with Gasteiger partial charge in [-0.2, -0.15) is 0 Å². The second-order valence-corrected chi connectivity index (χ2v) is 10.1. The number of benzene rings is 3. The van der Waals surface area contributed by atoms with Gasteiger partial charge in [0.15, 0.2) is 0 Å². The van der Waals surface area contributed by atoms with E-state index in [4.69, 9.17) is 0 Å². The van der Waals surface area contributed by atoms with Gasteiger partial charge in [-0.05, 0) is 36.2 Å². The van der Waals surface area contributed by atoms with Crippen molar-refractivity contribution in [1.82, 2.24) is 14.5 Å². The first-order valence-corrected chi connectivity index (χ1v) is 12.9. The third-order valence-corrected chi connectivity index (χ3v) is 7.25. The van der Waals surface area contributed by atoms with Crippen LogP contribution in [0, 0.1) is 5.82 Å². The van der Waals surface area contributed by atoms with Crippen LogP contribution in [-0.2, 0) is 28.7 Å². The minimum absolute atomic E-state index is 0.0468. The number of halogens is 1. The van der Waals surface area contributed by atoms with Crippen LogP contribution in [0.1, 0.15) is 34.1 Å². The van der Waals surface area contributed by atoms with Crippen molar-refractivity contribution in [2.24, 2.45) is 0 Å². The minimum Gasteiger partial charge on any atom is -0.333 e. The number of hydrogen-bond acceptors (Lipinski definition) is 4. The van der Waals surface area contributed by atoms with Crippen molar-refractivity contribution in [3.63, 3.8) is 0 Å². The molecule has 0 aliphatic heterocycles. The van der Waals surface area contributed by atoms with Crippen LogP contribution in [0.25, 0.3) is 0 Å². The molecule has 3 aromatic carbocycles. The molecule has 0 unspecified atom stereocenters. The van der Waals surface area contributed by atoms with Gasteiger partial charge in [0, 0.05) is 12.1 Å². The highest BCUT2D eigenvalue weighted by atomic mass is 32.2. The number of nitrogens with zero attached hydrogens (tertiary/aromatic N) is 3. The fraction of sp³-hybridized carbons (Fsp3) is 0.185. The number of amides is 1. The molecule has 0 aliphatic rings. The van der Waals surface area contributed by atoms with Gasteiger partial charge in [-0.15, -0.1) is 0 Å². The van der Waals surface area contributed by atoms with Crippen LogP contribution in [0.3, 0.4) is 0 Å². The number of carbonyl (C=O) groups excluding carboxylic acids is 1. The Labute approximate surface area is 204 Å². The molecule has 0 spiro atoms. The molecule has 0 radical (unpaired) electrons. The molecule has 1 amide bonds. The molecule has 6 nitrogen and oxygen atoms in total. The Morgan fingerprint density at radius 1 is 0.943 bits per heavy atom. The van der Waals surface area contributed by atoms with E-state index in [2.05, 4.69) is 4.98 Å². The molecule has 0 saturated carbocycles. The first-order chi connectivity index (χ1) is 16.9. The predicted molar refractivity (Wildman–Crippen MR) is 132 cm³/mol. The zero-order valence-corrected chi connectivity index (χ0v) is 20.2. The zero-order chi connectivity index (χ0) is 24.8. The molecule has 4 aromatic rings. The van der Waals surface area contributed by atoms with E-state index >= 15 is 0 Å². The normalized spacial score (nSPS) is 11.4. The quantitative estimate of drug-likeness (QED) is 0.340. The van der Waals surface area contributed by atoms with Gasteiger partial charge in [0.05, 0.1) is 30.7 Å². The lowest BCUT2D eigenvalue weighted by atomic mass is 10.2. The second-order valence-electron chi connectivity index (χ2n) is 8.18. The Bertz CT molecular complexity index is 1400. The summed E-state index contributed by atoms with van der Waals surface area (Å²) in [6, 6.07) is 24.0. The second kappa shape index (κ2) is 10.7. The van der Waals surface area contributed by atoms with Gasteiger partial charge in [-0.3, -0.25) is 4.79 Å². The molecule has 180 valence electrons. The highest BCUT2D eigenvalue weighted by molar-refractivity contribution is 7.90. The van der Waals surface area contributed by atoms with Crippen LogP contribution in [0.5, 0.6) is 0 Å². The number of sulfone groups is 1. The van der Waals surface area contributed by atoms with Crippen LogP contribution in [0.15, 0.2) is 96.3 Å². The molecule has 35 heavy (non-hydrogen) atoms. The number of aromatic nitrogens is 2. The third kappa shape index (κ3) is 5.84. The topological polar surface area (TPSA) is 72.3 Å². The summed E-state index contributed by atoms with van der Waals surface area (Å²) in [6.07, 6.45) is 1.50. The van der Waals surface area contributed by atoms with Gasteiger partial charge in [0.2, 0.25) is 15.0 Å². The van der Waals surface area contributed by atoms with Crippen molar-refractivity contribution >= 4 is 15.7 Å². The maximum Gasteiger partial charge on any atom is 0.254 e. The Hall–Kier alpha value is -3.78. The lowest BCUT2D eigenvalue weighted by Crippen LogP contribution is -2.31. The maximum atomic E-state index is 13.7. The zero-order valence-electron chi connectivity index (χ0n) is 19.3. The fourth-order valence-electron chi connectivity index (χ4n) is 3.89. The van der Waals surface area contributed by atoms with Gasteiger partial charge in [-0.1, -0.05) is 66.7 Å². The van der Waals surface area contributed by atoms with Gasteiger partial charge >= 0.3 is 0 Å². The average Bonchev–Trinajstić information content (AvgIpc) is 3.26. The summed E-state index contributed by atoms with van der Waals surface area (Å²) in [7, 11) is -3.76. The van der Waals surface area contributed by atoms with E-state index < -0.39 is 15.7 Å². The lowest BCUT2D eigenvalue weighted by molar-refractivity contribution is 0.0748. The number of carbonyl (C=O) groups is 1. The summed E-state index contributed by atoms with van der Waals surface area (Å²) in [6.45, 7) is 2.60. The summed E-state index contributed by atoms with van der Waals surface area (Å²) in [5, 5.41) is -0.0468. The summed E-state index contributed by atoms with van der Waals surface area (Å²) in [4.78, 5) is 18.9. The minimum atomic E-state index is -3.76. The lowest BCUT2D eigenvalue weighted by Gasteiger charge is -2.22. The van der Waals surface area contributed by atoms with Crippen LogP contribution >= 0.6 is 0 Å². The largest absolute Gasteiger partial charge is 0.333 e. The van der Waals surface area contributed by atoms with Crippen LogP contribution < -0.4 is 0 Å². The summed E-state index contributed by atoms with van der Waals surface area (Å²) in [5.41, 5.74) is 2.38. The average molecular weight is 492 g/mol. The van der Waals surface area contributed by atoms with Crippen LogP contribution in [0.4, 0.5) is 4.39 Å². The van der Waals surface area contributed by atoms with E-state index in [-0.39, 0.29) is 35.5 Å². The molecular formula is C27H26FN3O3S. The van der Waals surface area contributed by atoms with Crippen molar-refractivity contribution in [2.75, 3.05) is 6.54 Å². The van der Waals surface area contributed by atoms with Crippen molar-refractivity contribution in [1.29, 1.82) is 0 Å². The number of rotatable bonds is 9. The van der Waals surface area contributed by atoms with E-state index in [0.717, 1.165) is 5.56 Å². The molecule has 4 rings (SSSR count). The molecule has 0 bridgehead atoms. The summed E-state index contributed by atoms with van der Waals surface area (Å²) < 4.78 is 42.1. The Morgan fingerprint density at radius 3 is 2.23 bits per heavy atom. The SMILES string of the molecule is CCN(Cc1cnc(S(=O)(=O)Cc2ccccc2)n1Cc1ccccc1)C(=O)c1cccc(F)c1. The van der Waals surface area contributed by atoms with Crippen molar-refractivity contribution in [2.45, 2.75) is 30.9 Å². The van der Waals surface area contributed by atoms with Crippen LogP contribution in [0.2, 0.25) is 0 Å². The maximum absolute atomic E-state index is 13.7. The Balaban J connectivity index is 1.69. The fourth-order valence-corrected chi connectivity index (χ4v) is 5.38. The molecule has 0 atom stereocenters. The summed E-state index contributed by atoms with van der Waals surface area (Å²) >= 11 is 0. The molecule has 0 aliphatic carbocycles. The van der Waals surface area contributed by atoms with Gasteiger partial charge in [0.1, 0.15) is 5.82 Å². The van der Waals surface area contributed by atoms with Gasteiger partial charge < -0.3 is 9.47 Å². The van der Waals surface area contributed by atoms with Gasteiger partial charge in [-0.25, -0.2) is 17.8 Å². The first-order valence-electron chi connectivity index (χ1n) is 11.3. The Kier molecular flexibility index (Phi) is 7.41. The predicted octanol–water partition coefficient (Wildman–Crippen LogP) is 4.71. The van der Waals surface area contributed by atoms with Crippen molar-refractivity contribution < 1.29 is 17.6 Å².